The summed E-state index contributed by atoms with van der Waals surface area (Å²) in [6, 6.07) is 7.34. The number of halogens is 1. The van der Waals surface area contributed by atoms with E-state index in [9.17, 15) is 19.5 Å². The first-order valence-electron chi connectivity index (χ1n) is 6.44. The summed E-state index contributed by atoms with van der Waals surface area (Å²) in [6.45, 7) is 1.62. The molecule has 0 bridgehead atoms. The molecule has 6 nitrogen and oxygen atoms in total. The minimum atomic E-state index is -1.22. The number of amides is 3. The van der Waals surface area contributed by atoms with Gasteiger partial charge in [0.05, 0.1) is 6.54 Å². The molecule has 3 amide bonds. The topological polar surface area (TPSA) is 77.9 Å². The van der Waals surface area contributed by atoms with E-state index in [0.717, 1.165) is 10.5 Å². The molecule has 2 rings (SSSR count). The molecule has 1 saturated heterocycles. The standard InChI is InChI=1S/C14H15ClN2O4/c1-9(15)12(18)17-11(13(19)20)8-16(14(17)21)7-10-5-3-2-4-6-10/h2-6,9,11H,7-8H2,1H3,(H,19,20)/t9?,11-/m0/s1. The number of benzene rings is 1. The highest BCUT2D eigenvalue weighted by Gasteiger charge is 2.45. The third-order valence-corrected chi connectivity index (χ3v) is 3.45. The Hall–Kier alpha value is -2.08. The van der Waals surface area contributed by atoms with Gasteiger partial charge >= 0.3 is 12.0 Å². The highest BCUT2D eigenvalue weighted by atomic mass is 35.5. The van der Waals surface area contributed by atoms with Gasteiger partial charge in [-0.15, -0.1) is 11.6 Å². The summed E-state index contributed by atoms with van der Waals surface area (Å²) in [5, 5.41) is 8.25. The van der Waals surface area contributed by atoms with E-state index in [0.29, 0.717) is 0 Å². The number of urea groups is 1. The third kappa shape index (κ3) is 3.16. The van der Waals surface area contributed by atoms with Crippen molar-refractivity contribution in [3.8, 4) is 0 Å². The molecule has 1 fully saturated rings. The predicted octanol–water partition coefficient (Wildman–Crippen LogP) is 1.53. The second-order valence-electron chi connectivity index (χ2n) is 4.83. The smallest absolute Gasteiger partial charge is 0.328 e. The molecular weight excluding hydrogens is 296 g/mol. The van der Waals surface area contributed by atoms with Crippen LogP contribution in [-0.4, -0.2) is 50.8 Å². The number of aliphatic carboxylic acids is 1. The number of rotatable bonds is 4. The minimum absolute atomic E-state index is 0.0432. The summed E-state index contributed by atoms with van der Waals surface area (Å²) < 4.78 is 0. The van der Waals surface area contributed by atoms with Gasteiger partial charge in [0, 0.05) is 6.54 Å². The van der Waals surface area contributed by atoms with E-state index in [2.05, 4.69) is 0 Å². The molecule has 0 aliphatic carbocycles. The fourth-order valence-electron chi connectivity index (χ4n) is 2.22. The summed E-state index contributed by atoms with van der Waals surface area (Å²) in [5.74, 6) is -1.91. The maximum atomic E-state index is 12.3. The van der Waals surface area contributed by atoms with Gasteiger partial charge in [-0.1, -0.05) is 30.3 Å². The van der Waals surface area contributed by atoms with E-state index >= 15 is 0 Å². The summed E-state index contributed by atoms with van der Waals surface area (Å²) >= 11 is 5.70. The summed E-state index contributed by atoms with van der Waals surface area (Å²) in [5.41, 5.74) is 0.864. The molecule has 0 spiro atoms. The zero-order valence-electron chi connectivity index (χ0n) is 11.4. The van der Waals surface area contributed by atoms with Crippen LogP contribution in [-0.2, 0) is 16.1 Å². The Morgan fingerprint density at radius 3 is 2.52 bits per heavy atom. The summed E-state index contributed by atoms with van der Waals surface area (Å²) in [7, 11) is 0. The largest absolute Gasteiger partial charge is 0.480 e. The van der Waals surface area contributed by atoms with Gasteiger partial charge < -0.3 is 10.0 Å². The molecule has 0 saturated carbocycles. The predicted molar refractivity (Wildman–Crippen MR) is 75.8 cm³/mol. The highest BCUT2D eigenvalue weighted by molar-refractivity contribution is 6.31. The van der Waals surface area contributed by atoms with Gasteiger partial charge in [-0.2, -0.15) is 0 Å². The van der Waals surface area contributed by atoms with Gasteiger partial charge in [0.25, 0.3) is 0 Å². The van der Waals surface area contributed by atoms with Crippen LogP contribution >= 0.6 is 11.6 Å². The van der Waals surface area contributed by atoms with Gasteiger partial charge in [0.15, 0.2) is 6.04 Å². The van der Waals surface area contributed by atoms with E-state index in [1.807, 2.05) is 30.3 Å². The Bertz CT molecular complexity index is 561. The maximum absolute atomic E-state index is 12.3. The van der Waals surface area contributed by atoms with Crippen molar-refractivity contribution in [1.82, 2.24) is 9.80 Å². The number of hydrogen-bond donors (Lipinski definition) is 1. The lowest BCUT2D eigenvalue weighted by molar-refractivity contribution is -0.145. The number of hydrogen-bond acceptors (Lipinski definition) is 3. The van der Waals surface area contributed by atoms with E-state index in [-0.39, 0.29) is 13.1 Å². The van der Waals surface area contributed by atoms with E-state index in [1.54, 1.807) is 0 Å². The van der Waals surface area contributed by atoms with E-state index < -0.39 is 29.3 Å². The molecule has 1 aliphatic heterocycles. The quantitative estimate of drug-likeness (QED) is 0.856. The fourth-order valence-corrected chi connectivity index (χ4v) is 2.32. The van der Waals surface area contributed by atoms with Crippen molar-refractivity contribution < 1.29 is 19.5 Å². The Labute approximate surface area is 126 Å². The van der Waals surface area contributed by atoms with Crippen molar-refractivity contribution >= 4 is 29.5 Å². The maximum Gasteiger partial charge on any atom is 0.328 e. The summed E-state index contributed by atoms with van der Waals surface area (Å²) in [4.78, 5) is 37.6. The summed E-state index contributed by atoms with van der Waals surface area (Å²) in [6.07, 6.45) is 0. The number of carbonyl (C=O) groups excluding carboxylic acids is 2. The van der Waals surface area contributed by atoms with Crippen LogP contribution < -0.4 is 0 Å². The van der Waals surface area contributed by atoms with Crippen LogP contribution in [0, 0.1) is 0 Å². The molecule has 1 heterocycles. The van der Waals surface area contributed by atoms with Crippen molar-refractivity contribution in [2.24, 2.45) is 0 Å². The van der Waals surface area contributed by atoms with E-state index in [1.165, 1.54) is 11.8 Å². The van der Waals surface area contributed by atoms with Crippen LogP contribution in [0.15, 0.2) is 30.3 Å². The SMILES string of the molecule is CC(Cl)C(=O)N1C(=O)N(Cc2ccccc2)C[C@H]1C(=O)O. The monoisotopic (exact) mass is 310 g/mol. The van der Waals surface area contributed by atoms with Crippen molar-refractivity contribution in [3.05, 3.63) is 35.9 Å². The molecule has 1 aromatic carbocycles. The molecule has 2 atom stereocenters. The first-order valence-corrected chi connectivity index (χ1v) is 6.88. The highest BCUT2D eigenvalue weighted by Crippen LogP contribution is 2.21. The number of carboxylic acid groups (broad SMARTS) is 1. The number of carboxylic acids is 1. The first-order chi connectivity index (χ1) is 9.91. The van der Waals surface area contributed by atoms with Crippen molar-refractivity contribution in [1.29, 1.82) is 0 Å². The average molecular weight is 311 g/mol. The van der Waals surface area contributed by atoms with E-state index in [4.69, 9.17) is 11.6 Å². The minimum Gasteiger partial charge on any atom is -0.480 e. The van der Waals surface area contributed by atoms with Crippen LogP contribution in [0.25, 0.3) is 0 Å². The van der Waals surface area contributed by atoms with Gasteiger partial charge in [-0.25, -0.2) is 14.5 Å². The Morgan fingerprint density at radius 1 is 1.38 bits per heavy atom. The Kier molecular flexibility index (Phi) is 4.47. The molecule has 1 aromatic rings. The normalized spacial score (nSPS) is 19.7. The molecule has 7 heteroatoms. The molecule has 112 valence electrons. The lowest BCUT2D eigenvalue weighted by atomic mass is 10.2. The molecule has 1 aliphatic rings. The van der Waals surface area contributed by atoms with Crippen LogP contribution in [0.3, 0.4) is 0 Å². The molecule has 0 radical (unpaired) electrons. The van der Waals surface area contributed by atoms with Crippen LogP contribution in [0.4, 0.5) is 4.79 Å². The van der Waals surface area contributed by atoms with Crippen molar-refractivity contribution in [3.63, 3.8) is 0 Å². The zero-order chi connectivity index (χ0) is 15.6. The second kappa shape index (κ2) is 6.13. The van der Waals surface area contributed by atoms with Crippen LogP contribution in [0.2, 0.25) is 0 Å². The van der Waals surface area contributed by atoms with Gasteiger partial charge in [-0.05, 0) is 12.5 Å². The number of carbonyl (C=O) groups is 3. The number of imide groups is 1. The third-order valence-electron chi connectivity index (χ3n) is 3.26. The lowest BCUT2D eigenvalue weighted by Gasteiger charge is -2.19. The first kappa shape index (κ1) is 15.3. The molecule has 1 unspecified atom stereocenters. The number of nitrogens with zero attached hydrogens (tertiary/aromatic N) is 2. The molecule has 21 heavy (non-hydrogen) atoms. The molecular formula is C14H15ClN2O4. The van der Waals surface area contributed by atoms with Gasteiger partial charge in [0.2, 0.25) is 5.91 Å². The fraction of sp³-hybridized carbons (Fsp3) is 0.357. The van der Waals surface area contributed by atoms with Crippen LogP contribution in [0.5, 0.6) is 0 Å². The van der Waals surface area contributed by atoms with Gasteiger partial charge in [0.1, 0.15) is 5.38 Å². The lowest BCUT2D eigenvalue weighted by Crippen LogP contribution is -2.46. The average Bonchev–Trinajstić information content (AvgIpc) is 2.76. The molecule has 1 N–H and O–H groups in total. The van der Waals surface area contributed by atoms with Crippen molar-refractivity contribution in [2.45, 2.75) is 24.9 Å². The molecule has 0 aromatic heterocycles. The second-order valence-corrected chi connectivity index (χ2v) is 5.48. The Balaban J connectivity index is 2.21. The Morgan fingerprint density at radius 2 is 2.00 bits per heavy atom. The zero-order valence-corrected chi connectivity index (χ0v) is 12.2. The van der Waals surface area contributed by atoms with Crippen molar-refractivity contribution in [2.75, 3.05) is 6.54 Å². The van der Waals surface area contributed by atoms with Crippen LogP contribution in [0.1, 0.15) is 12.5 Å². The number of alkyl halides is 1. The van der Waals surface area contributed by atoms with Gasteiger partial charge in [-0.3, -0.25) is 4.79 Å².